The van der Waals surface area contributed by atoms with E-state index in [-0.39, 0.29) is 24.1 Å². The summed E-state index contributed by atoms with van der Waals surface area (Å²) in [5.41, 5.74) is 2.23. The number of hydrogen-bond donors (Lipinski definition) is 3. The predicted octanol–water partition coefficient (Wildman–Crippen LogP) is 4.66. The van der Waals surface area contributed by atoms with Crippen molar-refractivity contribution >= 4 is 5.97 Å². The quantitative estimate of drug-likeness (QED) is 0.484. The molecule has 2 aromatic carbocycles. The molecule has 0 bridgehead atoms. The molecular weight excluding hydrogens is 369 g/mol. The Morgan fingerprint density at radius 1 is 1.07 bits per heavy atom. The van der Waals surface area contributed by atoms with E-state index in [0.29, 0.717) is 12.8 Å². The van der Waals surface area contributed by atoms with E-state index in [4.69, 9.17) is 5.11 Å². The van der Waals surface area contributed by atoms with Crippen molar-refractivity contribution in [2.75, 3.05) is 6.54 Å². The second kappa shape index (κ2) is 11.1. The molecule has 0 spiro atoms. The number of benzene rings is 2. The van der Waals surface area contributed by atoms with Crippen molar-refractivity contribution in [1.82, 2.24) is 5.32 Å². The van der Waals surface area contributed by atoms with Gasteiger partial charge in [-0.15, -0.1) is 0 Å². The summed E-state index contributed by atoms with van der Waals surface area (Å²) in [5.74, 6) is -1.28. The van der Waals surface area contributed by atoms with Crippen LogP contribution >= 0.6 is 0 Å². The van der Waals surface area contributed by atoms with Gasteiger partial charge in [0.15, 0.2) is 0 Å². The van der Waals surface area contributed by atoms with Crippen LogP contribution in [0.2, 0.25) is 0 Å². The van der Waals surface area contributed by atoms with E-state index in [1.807, 2.05) is 18.2 Å². The fraction of sp³-hybridized carbons (Fsp3) is 0.458. The molecule has 0 fully saturated rings. The van der Waals surface area contributed by atoms with Gasteiger partial charge in [0.05, 0.1) is 6.10 Å². The topological polar surface area (TPSA) is 69.6 Å². The molecule has 0 saturated carbocycles. The maximum Gasteiger partial charge on any atom is 0.303 e. The maximum absolute atomic E-state index is 14.2. The van der Waals surface area contributed by atoms with Gasteiger partial charge in [-0.2, -0.15) is 0 Å². The van der Waals surface area contributed by atoms with Gasteiger partial charge in [0.25, 0.3) is 0 Å². The van der Waals surface area contributed by atoms with Crippen LogP contribution in [0.1, 0.15) is 62.3 Å². The van der Waals surface area contributed by atoms with E-state index >= 15 is 0 Å². The molecule has 5 heteroatoms. The molecule has 0 saturated heterocycles. The van der Waals surface area contributed by atoms with Crippen molar-refractivity contribution < 1.29 is 19.4 Å². The molecule has 0 amide bonds. The zero-order chi connectivity index (χ0) is 21.3. The number of carboxylic acids is 1. The molecule has 158 valence electrons. The second-order valence-electron chi connectivity index (χ2n) is 8.22. The highest BCUT2D eigenvalue weighted by atomic mass is 19.1. The average molecular weight is 402 g/mol. The normalized spacial score (nSPS) is 12.7. The summed E-state index contributed by atoms with van der Waals surface area (Å²) in [6, 6.07) is 15.0. The van der Waals surface area contributed by atoms with E-state index in [9.17, 15) is 14.3 Å². The third-order valence-electron chi connectivity index (χ3n) is 5.16. The van der Waals surface area contributed by atoms with Crippen molar-refractivity contribution in [3.8, 4) is 0 Å². The first-order valence-corrected chi connectivity index (χ1v) is 10.2. The van der Waals surface area contributed by atoms with Gasteiger partial charge in [-0.25, -0.2) is 4.39 Å². The zero-order valence-corrected chi connectivity index (χ0v) is 17.3. The number of rotatable bonds is 12. The first kappa shape index (κ1) is 23.0. The van der Waals surface area contributed by atoms with Crippen LogP contribution in [0.15, 0.2) is 48.5 Å². The SMILES string of the molecule is CC(C)(CCCc1ccccc1)NC[C@@H](O)c1cc(CCCC(=O)O)ccc1F. The highest BCUT2D eigenvalue weighted by Gasteiger charge is 2.20. The summed E-state index contributed by atoms with van der Waals surface area (Å²) in [6.07, 6.45) is 3.12. The summed E-state index contributed by atoms with van der Waals surface area (Å²) < 4.78 is 14.2. The van der Waals surface area contributed by atoms with Gasteiger partial charge in [-0.05, 0) is 63.1 Å². The third-order valence-corrected chi connectivity index (χ3v) is 5.16. The van der Waals surface area contributed by atoms with E-state index in [1.54, 1.807) is 12.1 Å². The lowest BCUT2D eigenvalue weighted by molar-refractivity contribution is -0.137. The van der Waals surface area contributed by atoms with Crippen LogP contribution in [0.25, 0.3) is 0 Å². The van der Waals surface area contributed by atoms with Crippen LogP contribution in [0.5, 0.6) is 0 Å². The molecule has 0 aliphatic heterocycles. The molecule has 0 radical (unpaired) electrons. The van der Waals surface area contributed by atoms with Gasteiger partial charge in [0, 0.05) is 24.1 Å². The fourth-order valence-electron chi connectivity index (χ4n) is 3.40. The molecule has 1 atom stereocenters. The molecule has 0 unspecified atom stereocenters. The summed E-state index contributed by atoms with van der Waals surface area (Å²) in [6.45, 7) is 4.43. The van der Waals surface area contributed by atoms with Crippen LogP contribution in [-0.4, -0.2) is 28.3 Å². The van der Waals surface area contributed by atoms with Crippen LogP contribution < -0.4 is 5.32 Å². The Labute approximate surface area is 172 Å². The Morgan fingerprint density at radius 2 is 1.76 bits per heavy atom. The number of hydrogen-bond acceptors (Lipinski definition) is 3. The Kier molecular flexibility index (Phi) is 8.80. The summed E-state index contributed by atoms with van der Waals surface area (Å²) in [7, 11) is 0. The first-order valence-electron chi connectivity index (χ1n) is 10.2. The lowest BCUT2D eigenvalue weighted by Crippen LogP contribution is -2.41. The van der Waals surface area contributed by atoms with Gasteiger partial charge < -0.3 is 15.5 Å². The van der Waals surface area contributed by atoms with E-state index in [1.165, 1.54) is 11.6 Å². The number of aliphatic carboxylic acids is 1. The Morgan fingerprint density at radius 3 is 2.45 bits per heavy atom. The maximum atomic E-state index is 14.2. The monoisotopic (exact) mass is 401 g/mol. The van der Waals surface area contributed by atoms with E-state index in [2.05, 4.69) is 31.3 Å². The smallest absolute Gasteiger partial charge is 0.303 e. The number of β-amino-alcohol motifs (C(OH)–C–C–N with tert-alkyl or cyclic N) is 1. The number of aliphatic hydroxyl groups excluding tert-OH is 1. The van der Waals surface area contributed by atoms with Gasteiger partial charge in [-0.1, -0.05) is 42.5 Å². The van der Waals surface area contributed by atoms with Crippen LogP contribution in [0.3, 0.4) is 0 Å². The first-order chi connectivity index (χ1) is 13.8. The predicted molar refractivity (Wildman–Crippen MR) is 113 cm³/mol. The molecule has 0 aliphatic carbocycles. The molecule has 29 heavy (non-hydrogen) atoms. The minimum Gasteiger partial charge on any atom is -0.481 e. The fourth-order valence-corrected chi connectivity index (χ4v) is 3.40. The van der Waals surface area contributed by atoms with Gasteiger partial charge in [0.2, 0.25) is 0 Å². The Balaban J connectivity index is 1.84. The molecule has 3 N–H and O–H groups in total. The van der Waals surface area contributed by atoms with Gasteiger partial charge in [-0.3, -0.25) is 4.79 Å². The Hall–Kier alpha value is -2.24. The van der Waals surface area contributed by atoms with Crippen LogP contribution in [0, 0.1) is 5.82 Å². The molecule has 0 aliphatic rings. The van der Waals surface area contributed by atoms with Crippen molar-refractivity contribution in [1.29, 1.82) is 0 Å². The number of aliphatic hydroxyl groups is 1. The van der Waals surface area contributed by atoms with Gasteiger partial charge in [0.1, 0.15) is 5.82 Å². The molecule has 0 aromatic heterocycles. The third kappa shape index (κ3) is 8.34. The minimum absolute atomic E-state index is 0.0774. The number of aryl methyl sites for hydroxylation is 2. The Bertz CT molecular complexity index is 777. The number of carboxylic acid groups (broad SMARTS) is 1. The number of carbonyl (C=O) groups is 1. The highest BCUT2D eigenvalue weighted by molar-refractivity contribution is 5.66. The van der Waals surface area contributed by atoms with Crippen molar-refractivity contribution in [2.45, 2.75) is 64.0 Å². The molecular formula is C24H32FNO3. The number of halogens is 1. The van der Waals surface area contributed by atoms with Crippen LogP contribution in [0.4, 0.5) is 4.39 Å². The molecule has 2 rings (SSSR count). The van der Waals surface area contributed by atoms with E-state index < -0.39 is 17.9 Å². The minimum atomic E-state index is -0.956. The lowest BCUT2D eigenvalue weighted by Gasteiger charge is -2.28. The van der Waals surface area contributed by atoms with Crippen molar-refractivity contribution in [2.24, 2.45) is 0 Å². The average Bonchev–Trinajstić information content (AvgIpc) is 2.68. The van der Waals surface area contributed by atoms with Crippen LogP contribution in [-0.2, 0) is 17.6 Å². The van der Waals surface area contributed by atoms with Crippen molar-refractivity contribution in [3.05, 3.63) is 71.0 Å². The number of nitrogens with one attached hydrogen (secondary N) is 1. The second-order valence-corrected chi connectivity index (χ2v) is 8.22. The molecule has 2 aromatic rings. The van der Waals surface area contributed by atoms with Gasteiger partial charge >= 0.3 is 5.97 Å². The van der Waals surface area contributed by atoms with Crippen molar-refractivity contribution in [3.63, 3.8) is 0 Å². The summed E-state index contributed by atoms with van der Waals surface area (Å²) in [5, 5.41) is 22.6. The highest BCUT2D eigenvalue weighted by Crippen LogP contribution is 2.21. The standard InChI is InChI=1S/C24H32FNO3/c1-24(2,15-7-11-18-8-4-3-5-9-18)26-17-22(27)20-16-19(13-14-21(20)25)10-6-12-23(28)29/h3-5,8-9,13-14,16,22,26-27H,6-7,10-12,15,17H2,1-2H3,(H,28,29)/t22-/m1/s1. The molecule has 0 heterocycles. The summed E-state index contributed by atoms with van der Waals surface area (Å²) in [4.78, 5) is 10.6. The lowest BCUT2D eigenvalue weighted by atomic mass is 9.94. The van der Waals surface area contributed by atoms with E-state index in [0.717, 1.165) is 24.8 Å². The zero-order valence-electron chi connectivity index (χ0n) is 17.3. The summed E-state index contributed by atoms with van der Waals surface area (Å²) >= 11 is 0. The largest absolute Gasteiger partial charge is 0.481 e. The molecule has 4 nitrogen and oxygen atoms in total.